The fraction of sp³-hybridized carbons (Fsp3) is 0.263. The van der Waals surface area contributed by atoms with Crippen LogP contribution in [0.1, 0.15) is 22.3 Å². The number of nitrogens with one attached hydrogen (secondary N) is 2. The lowest BCUT2D eigenvalue weighted by atomic mass is 10.1. The van der Waals surface area contributed by atoms with Gasteiger partial charge in [-0.2, -0.15) is 0 Å². The maximum atomic E-state index is 11.2. The van der Waals surface area contributed by atoms with Gasteiger partial charge in [0.05, 0.1) is 6.61 Å². The molecule has 26 heavy (non-hydrogen) atoms. The second-order valence-corrected chi connectivity index (χ2v) is 5.43. The van der Waals surface area contributed by atoms with Crippen LogP contribution in [0.5, 0.6) is 5.75 Å². The number of guanidine groups is 1. The van der Waals surface area contributed by atoms with E-state index in [0.29, 0.717) is 24.7 Å². The fourth-order valence-electron chi connectivity index (χ4n) is 2.23. The third-order valence-corrected chi connectivity index (χ3v) is 3.52. The molecule has 0 unspecified atom stereocenters. The lowest BCUT2D eigenvalue weighted by Gasteiger charge is -2.12. The predicted molar refractivity (Wildman–Crippen MR) is 115 cm³/mol. The number of hydrogen-bond acceptors (Lipinski definition) is 3. The molecular weight excluding hydrogens is 443 g/mol. The lowest BCUT2D eigenvalue weighted by Crippen LogP contribution is -2.37. The molecule has 0 aliphatic heterocycles. The van der Waals surface area contributed by atoms with Crippen molar-refractivity contribution in [3.05, 3.63) is 65.7 Å². The minimum Gasteiger partial charge on any atom is -0.494 e. The number of nitrogens with two attached hydrogens (primary N) is 1. The topological polar surface area (TPSA) is 88.7 Å². The van der Waals surface area contributed by atoms with Gasteiger partial charge in [-0.05, 0) is 36.2 Å². The van der Waals surface area contributed by atoms with E-state index in [1.807, 2.05) is 42.5 Å². The summed E-state index contributed by atoms with van der Waals surface area (Å²) in [5, 5.41) is 6.44. The first-order valence-corrected chi connectivity index (χ1v) is 8.20. The Morgan fingerprint density at radius 1 is 1.12 bits per heavy atom. The Hall–Kier alpha value is -2.29. The summed E-state index contributed by atoms with van der Waals surface area (Å²) >= 11 is 0. The van der Waals surface area contributed by atoms with Crippen molar-refractivity contribution in [3.8, 4) is 5.75 Å². The smallest absolute Gasteiger partial charge is 0.248 e. The van der Waals surface area contributed by atoms with E-state index in [-0.39, 0.29) is 24.0 Å². The molecule has 0 aliphatic carbocycles. The highest BCUT2D eigenvalue weighted by Gasteiger charge is 2.02. The minimum atomic E-state index is -0.428. The number of carbonyl (C=O) groups is 1. The van der Waals surface area contributed by atoms with Crippen molar-refractivity contribution in [2.45, 2.75) is 13.0 Å². The second kappa shape index (κ2) is 12.1. The molecule has 0 saturated heterocycles. The van der Waals surface area contributed by atoms with Crippen LogP contribution in [-0.2, 0) is 6.54 Å². The Bertz CT molecular complexity index is 708. The van der Waals surface area contributed by atoms with E-state index in [1.54, 1.807) is 19.2 Å². The monoisotopic (exact) mass is 468 g/mol. The molecule has 2 aromatic rings. The summed E-state index contributed by atoms with van der Waals surface area (Å²) in [6.07, 6.45) is 0.854. The molecule has 0 spiro atoms. The van der Waals surface area contributed by atoms with Gasteiger partial charge in [-0.1, -0.05) is 30.3 Å². The molecule has 7 heteroatoms. The first kappa shape index (κ1) is 21.8. The quantitative estimate of drug-likeness (QED) is 0.241. The van der Waals surface area contributed by atoms with Crippen LogP contribution in [0.15, 0.2) is 59.6 Å². The van der Waals surface area contributed by atoms with Gasteiger partial charge in [0.2, 0.25) is 5.91 Å². The number of hydrogen-bond donors (Lipinski definition) is 3. The van der Waals surface area contributed by atoms with Crippen LogP contribution in [0.3, 0.4) is 0 Å². The summed E-state index contributed by atoms with van der Waals surface area (Å²) in [6, 6.07) is 17.0. The van der Waals surface area contributed by atoms with Gasteiger partial charge in [0.25, 0.3) is 0 Å². The van der Waals surface area contributed by atoms with E-state index in [0.717, 1.165) is 24.3 Å². The summed E-state index contributed by atoms with van der Waals surface area (Å²) in [5.74, 6) is 1.14. The van der Waals surface area contributed by atoms with Crippen LogP contribution in [0.2, 0.25) is 0 Å². The Labute approximate surface area is 171 Å². The maximum Gasteiger partial charge on any atom is 0.248 e. The molecule has 2 rings (SSSR count). The fourth-order valence-corrected chi connectivity index (χ4v) is 2.23. The average Bonchev–Trinajstić information content (AvgIpc) is 2.65. The van der Waals surface area contributed by atoms with E-state index in [1.165, 1.54) is 0 Å². The molecule has 6 nitrogen and oxygen atoms in total. The highest BCUT2D eigenvalue weighted by atomic mass is 127. The first-order valence-electron chi connectivity index (χ1n) is 8.20. The normalized spacial score (nSPS) is 10.6. The molecule has 4 N–H and O–H groups in total. The highest BCUT2D eigenvalue weighted by molar-refractivity contribution is 14.0. The van der Waals surface area contributed by atoms with Crippen molar-refractivity contribution in [3.63, 3.8) is 0 Å². The van der Waals surface area contributed by atoms with Crippen LogP contribution >= 0.6 is 24.0 Å². The van der Waals surface area contributed by atoms with Crippen molar-refractivity contribution in [2.24, 2.45) is 10.7 Å². The number of rotatable bonds is 8. The lowest BCUT2D eigenvalue weighted by molar-refractivity contribution is 0.1000. The molecule has 0 heterocycles. The Morgan fingerprint density at radius 3 is 2.58 bits per heavy atom. The van der Waals surface area contributed by atoms with Crippen molar-refractivity contribution in [1.82, 2.24) is 10.6 Å². The molecule has 0 aliphatic rings. The summed E-state index contributed by atoms with van der Waals surface area (Å²) in [6.45, 7) is 1.93. The predicted octanol–water partition coefficient (Wildman–Crippen LogP) is 2.54. The third kappa shape index (κ3) is 7.73. The van der Waals surface area contributed by atoms with Crippen molar-refractivity contribution < 1.29 is 9.53 Å². The van der Waals surface area contributed by atoms with Gasteiger partial charge in [0.15, 0.2) is 5.96 Å². The number of halogens is 1. The van der Waals surface area contributed by atoms with Crippen LogP contribution < -0.4 is 21.1 Å². The number of nitrogens with zero attached hydrogens (tertiary/aromatic N) is 1. The largest absolute Gasteiger partial charge is 0.494 e. The molecular formula is C19H25IN4O2. The zero-order valence-corrected chi connectivity index (χ0v) is 17.1. The summed E-state index contributed by atoms with van der Waals surface area (Å²) in [7, 11) is 1.72. The van der Waals surface area contributed by atoms with Crippen LogP contribution in [-0.4, -0.2) is 32.1 Å². The second-order valence-electron chi connectivity index (χ2n) is 5.43. The van der Waals surface area contributed by atoms with Gasteiger partial charge in [0, 0.05) is 25.7 Å². The molecule has 0 fully saturated rings. The SMILES string of the molecule is CN=C(NCCCOc1ccccc1)NCc1cccc(C(N)=O)c1.I. The first-order chi connectivity index (χ1) is 12.2. The minimum absolute atomic E-state index is 0. The Morgan fingerprint density at radius 2 is 1.88 bits per heavy atom. The molecule has 0 radical (unpaired) electrons. The van der Waals surface area contributed by atoms with Gasteiger partial charge in [0.1, 0.15) is 5.75 Å². The molecule has 1 amide bonds. The van der Waals surface area contributed by atoms with E-state index in [9.17, 15) is 4.79 Å². The van der Waals surface area contributed by atoms with Gasteiger partial charge >= 0.3 is 0 Å². The van der Waals surface area contributed by atoms with E-state index >= 15 is 0 Å². The summed E-state index contributed by atoms with van der Waals surface area (Å²) < 4.78 is 5.64. The number of aliphatic imine (C=N–C) groups is 1. The molecule has 0 bridgehead atoms. The average molecular weight is 468 g/mol. The number of benzene rings is 2. The van der Waals surface area contributed by atoms with E-state index < -0.39 is 5.91 Å². The number of primary amides is 1. The summed E-state index contributed by atoms with van der Waals surface area (Å²) in [5.41, 5.74) is 6.76. The Balaban J connectivity index is 0.00000338. The van der Waals surface area contributed by atoms with Crippen LogP contribution in [0.25, 0.3) is 0 Å². The van der Waals surface area contributed by atoms with Crippen molar-refractivity contribution in [2.75, 3.05) is 20.2 Å². The zero-order chi connectivity index (χ0) is 17.9. The summed E-state index contributed by atoms with van der Waals surface area (Å²) in [4.78, 5) is 15.4. The standard InChI is InChI=1S/C19H24N4O2.HI/c1-21-19(22-11-6-12-25-17-9-3-2-4-10-17)23-14-15-7-5-8-16(13-15)18(20)24;/h2-5,7-10,13H,6,11-12,14H2,1H3,(H2,20,24)(H2,21,22,23);1H. The van der Waals surface area contributed by atoms with Gasteiger partial charge in [-0.25, -0.2) is 0 Å². The molecule has 2 aromatic carbocycles. The van der Waals surface area contributed by atoms with Crippen LogP contribution in [0.4, 0.5) is 0 Å². The maximum absolute atomic E-state index is 11.2. The number of para-hydroxylation sites is 1. The molecule has 0 saturated carbocycles. The highest BCUT2D eigenvalue weighted by Crippen LogP contribution is 2.08. The Kier molecular flexibility index (Phi) is 10.1. The third-order valence-electron chi connectivity index (χ3n) is 3.52. The van der Waals surface area contributed by atoms with Gasteiger partial charge in [-0.3, -0.25) is 9.79 Å². The van der Waals surface area contributed by atoms with Gasteiger partial charge in [-0.15, -0.1) is 24.0 Å². The van der Waals surface area contributed by atoms with E-state index in [4.69, 9.17) is 10.5 Å². The van der Waals surface area contributed by atoms with Crippen LogP contribution in [0, 0.1) is 0 Å². The van der Waals surface area contributed by atoms with Gasteiger partial charge < -0.3 is 21.1 Å². The molecule has 0 aromatic heterocycles. The number of amides is 1. The number of carbonyl (C=O) groups excluding carboxylic acids is 1. The molecule has 0 atom stereocenters. The molecule has 140 valence electrons. The zero-order valence-electron chi connectivity index (χ0n) is 14.8. The van der Waals surface area contributed by atoms with E-state index in [2.05, 4.69) is 15.6 Å². The van der Waals surface area contributed by atoms with Crippen molar-refractivity contribution in [1.29, 1.82) is 0 Å². The number of ether oxygens (including phenoxy) is 1. The van der Waals surface area contributed by atoms with Crippen molar-refractivity contribution >= 4 is 35.8 Å².